The minimum Gasteiger partial charge on any atom is -0.393 e. The first kappa shape index (κ1) is 17.4. The van der Waals surface area contributed by atoms with Crippen molar-refractivity contribution >= 4 is 23.4 Å². The monoisotopic (exact) mass is 358 g/mol. The van der Waals surface area contributed by atoms with Crippen LogP contribution < -0.4 is 5.32 Å². The van der Waals surface area contributed by atoms with Crippen LogP contribution in [0.2, 0.25) is 0 Å². The van der Waals surface area contributed by atoms with E-state index in [4.69, 9.17) is 0 Å². The number of carbonyl (C=O) groups is 1. The molecule has 2 aromatic rings. The minimum absolute atomic E-state index is 0.0000639. The molecule has 2 aromatic carbocycles. The zero-order valence-corrected chi connectivity index (χ0v) is 14.2. The summed E-state index contributed by atoms with van der Waals surface area (Å²) < 4.78 is 0. The molecule has 7 heteroatoms. The summed E-state index contributed by atoms with van der Waals surface area (Å²) in [7, 11) is 0. The van der Waals surface area contributed by atoms with E-state index in [9.17, 15) is 20.0 Å². The van der Waals surface area contributed by atoms with Crippen molar-refractivity contribution < 1.29 is 14.8 Å². The Bertz CT molecular complexity index is 779. The highest BCUT2D eigenvalue weighted by molar-refractivity contribution is 7.99. The maximum absolute atomic E-state index is 12.6. The number of hydrogen-bond acceptors (Lipinski definition) is 5. The fraction of sp³-hybridized carbons (Fsp3) is 0.278. The normalized spacial score (nSPS) is 19.6. The number of nitro benzene ring substituents is 1. The standard InChI is InChI=1S/C18H18N2O4S/c21-14-8-5-12(11-14)19-18(22)16-3-1-2-4-17(16)25-15-9-6-13(7-10-15)20(23)24/h1-4,6-7,9-10,12,14,21H,5,8,11H2,(H,19,22). The van der Waals surface area contributed by atoms with Gasteiger partial charge in [-0.3, -0.25) is 14.9 Å². The first-order valence-electron chi connectivity index (χ1n) is 8.03. The molecule has 1 aliphatic carbocycles. The third kappa shape index (κ3) is 4.37. The summed E-state index contributed by atoms with van der Waals surface area (Å²) in [5, 5.41) is 23.3. The quantitative estimate of drug-likeness (QED) is 0.631. The van der Waals surface area contributed by atoms with E-state index in [0.717, 1.165) is 16.2 Å². The van der Waals surface area contributed by atoms with Crippen molar-refractivity contribution in [2.45, 2.75) is 41.2 Å². The first-order chi connectivity index (χ1) is 12.0. The van der Waals surface area contributed by atoms with Crippen molar-refractivity contribution in [2.24, 2.45) is 0 Å². The van der Waals surface area contributed by atoms with Gasteiger partial charge in [-0.1, -0.05) is 23.9 Å². The van der Waals surface area contributed by atoms with Gasteiger partial charge in [-0.05, 0) is 43.5 Å². The van der Waals surface area contributed by atoms with E-state index in [2.05, 4.69) is 5.32 Å². The molecule has 0 radical (unpaired) electrons. The van der Waals surface area contributed by atoms with Crippen LogP contribution in [0.15, 0.2) is 58.3 Å². The van der Waals surface area contributed by atoms with Gasteiger partial charge in [-0.15, -0.1) is 0 Å². The van der Waals surface area contributed by atoms with Gasteiger partial charge in [0.25, 0.3) is 11.6 Å². The molecular weight excluding hydrogens is 340 g/mol. The van der Waals surface area contributed by atoms with Crippen molar-refractivity contribution in [3.8, 4) is 0 Å². The van der Waals surface area contributed by atoms with Crippen molar-refractivity contribution in [1.29, 1.82) is 0 Å². The lowest BCUT2D eigenvalue weighted by molar-refractivity contribution is -0.384. The number of nitrogens with zero attached hydrogens (tertiary/aromatic N) is 1. The Morgan fingerprint density at radius 2 is 1.88 bits per heavy atom. The van der Waals surface area contributed by atoms with Gasteiger partial charge in [0, 0.05) is 28.0 Å². The highest BCUT2D eigenvalue weighted by atomic mass is 32.2. The van der Waals surface area contributed by atoms with Crippen molar-refractivity contribution in [3.63, 3.8) is 0 Å². The molecule has 1 aliphatic rings. The number of hydrogen-bond donors (Lipinski definition) is 2. The molecule has 3 rings (SSSR count). The fourth-order valence-electron chi connectivity index (χ4n) is 2.86. The van der Waals surface area contributed by atoms with Crippen LogP contribution in [0.4, 0.5) is 5.69 Å². The number of amides is 1. The Kier molecular flexibility index (Phi) is 5.35. The maximum Gasteiger partial charge on any atom is 0.269 e. The second kappa shape index (κ2) is 7.67. The molecule has 2 atom stereocenters. The molecule has 0 saturated heterocycles. The Morgan fingerprint density at radius 1 is 1.16 bits per heavy atom. The summed E-state index contributed by atoms with van der Waals surface area (Å²) in [6.45, 7) is 0. The molecule has 1 fully saturated rings. The van der Waals surface area contributed by atoms with Gasteiger partial charge < -0.3 is 10.4 Å². The van der Waals surface area contributed by atoms with E-state index in [-0.39, 0.29) is 23.7 Å². The van der Waals surface area contributed by atoms with Crippen LogP contribution >= 0.6 is 11.8 Å². The van der Waals surface area contributed by atoms with Crippen LogP contribution in [-0.2, 0) is 0 Å². The molecule has 25 heavy (non-hydrogen) atoms. The van der Waals surface area contributed by atoms with Crippen molar-refractivity contribution in [1.82, 2.24) is 5.32 Å². The third-order valence-corrected chi connectivity index (χ3v) is 5.23. The Morgan fingerprint density at radius 3 is 2.52 bits per heavy atom. The van der Waals surface area contributed by atoms with Gasteiger partial charge in [-0.25, -0.2) is 0 Å². The largest absolute Gasteiger partial charge is 0.393 e. The number of aliphatic hydroxyl groups is 1. The number of nitro groups is 1. The SMILES string of the molecule is O=C(NC1CCC(O)C1)c1ccccc1Sc1ccc([N+](=O)[O-])cc1. The molecule has 0 aliphatic heterocycles. The van der Waals surface area contributed by atoms with Crippen LogP contribution in [0, 0.1) is 10.1 Å². The predicted molar refractivity (Wildman–Crippen MR) is 94.8 cm³/mol. The first-order valence-corrected chi connectivity index (χ1v) is 8.85. The molecular formula is C18H18N2O4S. The summed E-state index contributed by atoms with van der Waals surface area (Å²) in [4.78, 5) is 24.5. The number of aliphatic hydroxyl groups excluding tert-OH is 1. The van der Waals surface area contributed by atoms with Gasteiger partial charge in [0.05, 0.1) is 16.6 Å². The second-order valence-electron chi connectivity index (χ2n) is 5.99. The van der Waals surface area contributed by atoms with Crippen LogP contribution in [0.25, 0.3) is 0 Å². The zero-order valence-electron chi connectivity index (χ0n) is 13.4. The molecule has 0 aromatic heterocycles. The Balaban J connectivity index is 1.74. The molecule has 0 spiro atoms. The molecule has 0 heterocycles. The number of benzene rings is 2. The predicted octanol–water partition coefficient (Wildman–Crippen LogP) is 3.39. The lowest BCUT2D eigenvalue weighted by Crippen LogP contribution is -2.33. The lowest BCUT2D eigenvalue weighted by Gasteiger charge is -2.14. The molecule has 2 unspecified atom stereocenters. The van der Waals surface area contributed by atoms with Crippen molar-refractivity contribution in [3.05, 3.63) is 64.2 Å². The van der Waals surface area contributed by atoms with E-state index < -0.39 is 4.92 Å². The van der Waals surface area contributed by atoms with E-state index >= 15 is 0 Å². The molecule has 1 saturated carbocycles. The summed E-state index contributed by atoms with van der Waals surface area (Å²) in [6.07, 6.45) is 1.74. The molecule has 2 N–H and O–H groups in total. The third-order valence-electron chi connectivity index (χ3n) is 4.15. The van der Waals surface area contributed by atoms with Crippen molar-refractivity contribution in [2.75, 3.05) is 0 Å². The second-order valence-corrected chi connectivity index (χ2v) is 7.10. The van der Waals surface area contributed by atoms with E-state index in [0.29, 0.717) is 18.4 Å². The Hall–Kier alpha value is -2.38. The van der Waals surface area contributed by atoms with E-state index in [1.165, 1.54) is 23.9 Å². The summed E-state index contributed by atoms with van der Waals surface area (Å²) in [6, 6.07) is 13.5. The zero-order chi connectivity index (χ0) is 17.8. The van der Waals surface area contributed by atoms with Crippen LogP contribution in [0.5, 0.6) is 0 Å². The molecule has 1 amide bonds. The minimum atomic E-state index is -0.439. The number of carbonyl (C=O) groups excluding carboxylic acids is 1. The highest BCUT2D eigenvalue weighted by Crippen LogP contribution is 2.31. The average Bonchev–Trinajstić information content (AvgIpc) is 3.00. The van der Waals surface area contributed by atoms with Gasteiger partial charge in [0.2, 0.25) is 0 Å². The number of rotatable bonds is 5. The van der Waals surface area contributed by atoms with Gasteiger partial charge in [0.15, 0.2) is 0 Å². The van der Waals surface area contributed by atoms with Gasteiger partial charge in [-0.2, -0.15) is 0 Å². The van der Waals surface area contributed by atoms with Crippen LogP contribution in [0.3, 0.4) is 0 Å². The Labute approximate surface area is 149 Å². The van der Waals surface area contributed by atoms with Gasteiger partial charge >= 0.3 is 0 Å². The van der Waals surface area contributed by atoms with E-state index in [1.54, 1.807) is 24.3 Å². The van der Waals surface area contributed by atoms with E-state index in [1.807, 2.05) is 12.1 Å². The molecule has 130 valence electrons. The smallest absolute Gasteiger partial charge is 0.269 e. The van der Waals surface area contributed by atoms with Gasteiger partial charge in [0.1, 0.15) is 0 Å². The maximum atomic E-state index is 12.6. The lowest BCUT2D eigenvalue weighted by atomic mass is 10.2. The summed E-state index contributed by atoms with van der Waals surface area (Å²) >= 11 is 1.39. The van der Waals surface area contributed by atoms with Crippen LogP contribution in [-0.4, -0.2) is 28.1 Å². The number of nitrogens with one attached hydrogen (secondary N) is 1. The molecule has 6 nitrogen and oxygen atoms in total. The van der Waals surface area contributed by atoms with Crippen LogP contribution in [0.1, 0.15) is 29.6 Å². The summed E-state index contributed by atoms with van der Waals surface area (Å²) in [5.41, 5.74) is 0.599. The highest BCUT2D eigenvalue weighted by Gasteiger charge is 2.25. The molecule has 0 bridgehead atoms. The average molecular weight is 358 g/mol. The fourth-order valence-corrected chi connectivity index (χ4v) is 3.80. The summed E-state index contributed by atoms with van der Waals surface area (Å²) in [5.74, 6) is -0.163. The topological polar surface area (TPSA) is 92.5 Å². The number of non-ortho nitro benzene ring substituents is 1.